The summed E-state index contributed by atoms with van der Waals surface area (Å²) in [6, 6.07) is 10.0. The molecular weight excluding hydrogens is 208 g/mol. The van der Waals surface area contributed by atoms with Crippen LogP contribution >= 0.6 is 0 Å². The van der Waals surface area contributed by atoms with Crippen molar-refractivity contribution in [2.24, 2.45) is 0 Å². The lowest BCUT2D eigenvalue weighted by Crippen LogP contribution is -2.45. The van der Waals surface area contributed by atoms with E-state index in [1.54, 1.807) is 0 Å². The number of piperidine rings is 1. The number of likely N-dealkylation sites (N-methyl/N-ethyl adjacent to an activating group) is 1. The predicted octanol–water partition coefficient (Wildman–Crippen LogP) is 2.74. The van der Waals surface area contributed by atoms with Gasteiger partial charge in [-0.05, 0) is 45.8 Å². The minimum atomic E-state index is 0.500. The van der Waals surface area contributed by atoms with Gasteiger partial charge in [-0.3, -0.25) is 4.90 Å². The Bertz CT molecular complexity index is 356. The summed E-state index contributed by atoms with van der Waals surface area (Å²) in [6.45, 7) is 6.79. The van der Waals surface area contributed by atoms with E-state index >= 15 is 0 Å². The zero-order valence-corrected chi connectivity index (χ0v) is 11.2. The van der Waals surface area contributed by atoms with Gasteiger partial charge >= 0.3 is 0 Å². The maximum atomic E-state index is 3.49. The minimum Gasteiger partial charge on any atom is -0.315 e. The quantitative estimate of drug-likeness (QED) is 0.862. The van der Waals surface area contributed by atoms with Crippen LogP contribution in [0.15, 0.2) is 24.3 Å². The van der Waals surface area contributed by atoms with Crippen molar-refractivity contribution in [3.05, 3.63) is 35.4 Å². The molecule has 1 aliphatic rings. The van der Waals surface area contributed by atoms with E-state index in [1.165, 1.54) is 30.5 Å². The monoisotopic (exact) mass is 232 g/mol. The Hall–Kier alpha value is -0.860. The summed E-state index contributed by atoms with van der Waals surface area (Å²) in [5, 5.41) is 3.49. The highest BCUT2D eigenvalue weighted by atomic mass is 15.2. The number of nitrogens with zero attached hydrogens (tertiary/aromatic N) is 1. The fourth-order valence-corrected chi connectivity index (χ4v) is 2.66. The summed E-state index contributed by atoms with van der Waals surface area (Å²) < 4.78 is 0. The summed E-state index contributed by atoms with van der Waals surface area (Å²) in [5.41, 5.74) is 2.78. The zero-order chi connectivity index (χ0) is 12.3. The highest BCUT2D eigenvalue weighted by Crippen LogP contribution is 2.23. The van der Waals surface area contributed by atoms with Crippen LogP contribution in [0.25, 0.3) is 0 Å². The molecule has 2 atom stereocenters. The van der Waals surface area contributed by atoms with Gasteiger partial charge in [0.2, 0.25) is 0 Å². The molecule has 2 heteroatoms. The van der Waals surface area contributed by atoms with Crippen molar-refractivity contribution < 1.29 is 0 Å². The van der Waals surface area contributed by atoms with Gasteiger partial charge in [0, 0.05) is 18.6 Å². The van der Waals surface area contributed by atoms with Gasteiger partial charge in [-0.25, -0.2) is 0 Å². The van der Waals surface area contributed by atoms with Crippen molar-refractivity contribution in [2.75, 3.05) is 20.1 Å². The van der Waals surface area contributed by atoms with Gasteiger partial charge in [-0.15, -0.1) is 0 Å². The average Bonchev–Trinajstić information content (AvgIpc) is 2.38. The molecule has 0 aliphatic carbocycles. The maximum Gasteiger partial charge on any atom is 0.0320 e. The van der Waals surface area contributed by atoms with Crippen molar-refractivity contribution in [3.63, 3.8) is 0 Å². The van der Waals surface area contributed by atoms with Crippen molar-refractivity contribution in [1.82, 2.24) is 10.2 Å². The number of rotatable bonds is 3. The lowest BCUT2D eigenvalue weighted by Gasteiger charge is -2.36. The molecule has 1 aromatic rings. The van der Waals surface area contributed by atoms with E-state index < -0.39 is 0 Å². The zero-order valence-electron chi connectivity index (χ0n) is 11.2. The first-order valence-electron chi connectivity index (χ1n) is 6.67. The third kappa shape index (κ3) is 3.08. The van der Waals surface area contributed by atoms with Gasteiger partial charge in [0.1, 0.15) is 0 Å². The van der Waals surface area contributed by atoms with Gasteiger partial charge < -0.3 is 5.32 Å². The molecule has 2 rings (SSSR count). The van der Waals surface area contributed by atoms with Gasteiger partial charge in [-0.2, -0.15) is 0 Å². The molecular formula is C15H24N2. The van der Waals surface area contributed by atoms with Crippen molar-refractivity contribution >= 4 is 0 Å². The molecule has 1 saturated heterocycles. The smallest absolute Gasteiger partial charge is 0.0320 e. The molecule has 0 saturated carbocycles. The van der Waals surface area contributed by atoms with E-state index in [0.29, 0.717) is 12.1 Å². The third-order valence-electron chi connectivity index (χ3n) is 3.98. The molecule has 2 unspecified atom stereocenters. The van der Waals surface area contributed by atoms with Crippen molar-refractivity contribution in [1.29, 1.82) is 0 Å². The second-order valence-electron chi connectivity index (χ2n) is 5.26. The molecule has 1 aliphatic heterocycles. The Morgan fingerprint density at radius 1 is 1.41 bits per heavy atom. The van der Waals surface area contributed by atoms with Crippen molar-refractivity contribution in [2.45, 2.75) is 38.8 Å². The number of benzene rings is 1. The molecule has 0 bridgehead atoms. The normalized spacial score (nSPS) is 22.7. The van der Waals surface area contributed by atoms with E-state index in [4.69, 9.17) is 0 Å². The highest BCUT2D eigenvalue weighted by molar-refractivity contribution is 5.24. The standard InChI is InChI=1S/C15H24N2/c1-12-6-4-7-14(10-12)13(2)17(3)15-8-5-9-16-11-15/h4,6-7,10,13,15-16H,5,8-9,11H2,1-3H3. The van der Waals surface area contributed by atoms with Gasteiger partial charge in [-0.1, -0.05) is 29.8 Å². The fourth-order valence-electron chi connectivity index (χ4n) is 2.66. The highest BCUT2D eigenvalue weighted by Gasteiger charge is 2.22. The second kappa shape index (κ2) is 5.65. The topological polar surface area (TPSA) is 15.3 Å². The molecule has 0 radical (unpaired) electrons. The number of hydrogen-bond acceptors (Lipinski definition) is 2. The molecule has 1 fully saturated rings. The molecule has 94 valence electrons. The number of hydrogen-bond donors (Lipinski definition) is 1. The van der Waals surface area contributed by atoms with Gasteiger partial charge in [0.05, 0.1) is 0 Å². The number of nitrogens with one attached hydrogen (secondary N) is 1. The molecule has 0 amide bonds. The first-order chi connectivity index (χ1) is 8.18. The molecule has 1 aromatic carbocycles. The van der Waals surface area contributed by atoms with E-state index in [0.717, 1.165) is 6.54 Å². The lowest BCUT2D eigenvalue weighted by atomic mass is 10.00. The lowest BCUT2D eigenvalue weighted by molar-refractivity contribution is 0.156. The maximum absolute atomic E-state index is 3.49. The summed E-state index contributed by atoms with van der Waals surface area (Å²) >= 11 is 0. The van der Waals surface area contributed by atoms with Crippen molar-refractivity contribution in [3.8, 4) is 0 Å². The van der Waals surface area contributed by atoms with E-state index in [9.17, 15) is 0 Å². The molecule has 1 N–H and O–H groups in total. The van der Waals surface area contributed by atoms with Crippen LogP contribution in [0.4, 0.5) is 0 Å². The summed E-state index contributed by atoms with van der Waals surface area (Å²) in [4.78, 5) is 2.51. The SMILES string of the molecule is Cc1cccc(C(C)N(C)C2CCCNC2)c1. The largest absolute Gasteiger partial charge is 0.315 e. The number of aryl methyl sites for hydroxylation is 1. The summed E-state index contributed by atoms with van der Waals surface area (Å²) in [5.74, 6) is 0. The Labute approximate surface area is 105 Å². The van der Waals surface area contributed by atoms with Gasteiger partial charge in [0.25, 0.3) is 0 Å². The van der Waals surface area contributed by atoms with Gasteiger partial charge in [0.15, 0.2) is 0 Å². The second-order valence-corrected chi connectivity index (χ2v) is 5.26. The van der Waals surface area contributed by atoms with Crippen LogP contribution in [0.2, 0.25) is 0 Å². The third-order valence-corrected chi connectivity index (χ3v) is 3.98. The first-order valence-corrected chi connectivity index (χ1v) is 6.67. The van der Waals surface area contributed by atoms with E-state index in [2.05, 4.69) is 55.4 Å². The Morgan fingerprint density at radius 2 is 2.24 bits per heavy atom. The van der Waals surface area contributed by atoms with Crippen LogP contribution < -0.4 is 5.32 Å². The fraction of sp³-hybridized carbons (Fsp3) is 0.600. The summed E-state index contributed by atoms with van der Waals surface area (Å²) in [7, 11) is 2.25. The molecule has 1 heterocycles. The minimum absolute atomic E-state index is 0.500. The van der Waals surface area contributed by atoms with E-state index in [-0.39, 0.29) is 0 Å². The van der Waals surface area contributed by atoms with Crippen LogP contribution in [0.3, 0.4) is 0 Å². The van der Waals surface area contributed by atoms with Crippen LogP contribution in [0.1, 0.15) is 36.9 Å². The van der Waals surface area contributed by atoms with Crippen LogP contribution in [-0.4, -0.2) is 31.1 Å². The van der Waals surface area contributed by atoms with Crippen LogP contribution in [0, 0.1) is 6.92 Å². The molecule has 0 spiro atoms. The summed E-state index contributed by atoms with van der Waals surface area (Å²) in [6.07, 6.45) is 2.62. The molecule has 2 nitrogen and oxygen atoms in total. The Kier molecular flexibility index (Phi) is 4.19. The van der Waals surface area contributed by atoms with E-state index in [1.807, 2.05) is 0 Å². The molecule has 17 heavy (non-hydrogen) atoms. The Balaban J connectivity index is 2.05. The van der Waals surface area contributed by atoms with Crippen LogP contribution in [-0.2, 0) is 0 Å². The average molecular weight is 232 g/mol. The van der Waals surface area contributed by atoms with Crippen LogP contribution in [0.5, 0.6) is 0 Å². The predicted molar refractivity (Wildman–Crippen MR) is 73.2 cm³/mol. The molecule has 0 aromatic heterocycles. The first kappa shape index (κ1) is 12.6. The Morgan fingerprint density at radius 3 is 2.88 bits per heavy atom.